The molecule has 4 N–H and O–H groups in total. The second-order valence-corrected chi connectivity index (χ2v) is 3.18. The molecule has 0 aromatic rings. The summed E-state index contributed by atoms with van der Waals surface area (Å²) in [5, 5.41) is 31.9. The predicted octanol–water partition coefficient (Wildman–Crippen LogP) is -1.40. The molecule has 0 spiro atoms. The molecular weight excluding hydrogens is 260 g/mol. The molecule has 0 unspecified atom stereocenters. The lowest BCUT2D eigenvalue weighted by molar-refractivity contribution is -0.150. The minimum Gasteiger partial charge on any atom is -0.478 e. The molecule has 19 heavy (non-hydrogen) atoms. The van der Waals surface area contributed by atoms with Crippen molar-refractivity contribution < 1.29 is 39.5 Å². The second-order valence-electron chi connectivity index (χ2n) is 3.18. The lowest BCUT2D eigenvalue weighted by atomic mass is 10.4. The van der Waals surface area contributed by atoms with Gasteiger partial charge in [-0.05, 0) is 6.92 Å². The zero-order valence-electron chi connectivity index (χ0n) is 10.3. The van der Waals surface area contributed by atoms with E-state index in [1.54, 1.807) is 0 Å². The molecular formula is C11H16O8. The van der Waals surface area contributed by atoms with Gasteiger partial charge in [0.2, 0.25) is 0 Å². The maximum Gasteiger partial charge on any atom is 0.338 e. The van der Waals surface area contributed by atoms with Crippen LogP contribution >= 0.6 is 0 Å². The molecule has 0 aromatic carbocycles. The van der Waals surface area contributed by atoms with Gasteiger partial charge in [-0.25, -0.2) is 14.4 Å². The maximum atomic E-state index is 9.92. The molecule has 1 heterocycles. The molecule has 0 saturated heterocycles. The fourth-order valence-corrected chi connectivity index (χ4v) is 0.361. The number of aliphatic hydroxyl groups excluding tert-OH is 3. The first-order valence-corrected chi connectivity index (χ1v) is 4.97. The molecule has 108 valence electrons. The summed E-state index contributed by atoms with van der Waals surface area (Å²) < 4.78 is 3.97. The van der Waals surface area contributed by atoms with Crippen molar-refractivity contribution in [2.24, 2.45) is 0 Å². The van der Waals surface area contributed by atoms with Crippen molar-refractivity contribution in [1.29, 1.82) is 0 Å². The van der Waals surface area contributed by atoms with Crippen LogP contribution in [0.3, 0.4) is 0 Å². The van der Waals surface area contributed by atoms with E-state index < -0.39 is 24.0 Å². The summed E-state index contributed by atoms with van der Waals surface area (Å²) in [5.41, 5.74) is 0.176. The van der Waals surface area contributed by atoms with Gasteiger partial charge >= 0.3 is 17.9 Å². The number of carbonyl (C=O) groups is 3. The van der Waals surface area contributed by atoms with E-state index in [1.807, 2.05) is 0 Å². The van der Waals surface area contributed by atoms with Crippen molar-refractivity contribution >= 4 is 17.9 Å². The largest absolute Gasteiger partial charge is 0.478 e. The number of hydrogen-bond acceptors (Lipinski definition) is 7. The van der Waals surface area contributed by atoms with Gasteiger partial charge in [-0.3, -0.25) is 0 Å². The Morgan fingerprint density at radius 1 is 1.26 bits per heavy atom. The summed E-state index contributed by atoms with van der Waals surface area (Å²) in [6.45, 7) is 3.87. The maximum absolute atomic E-state index is 9.92. The van der Waals surface area contributed by atoms with Gasteiger partial charge in [-0.2, -0.15) is 0 Å². The third-order valence-corrected chi connectivity index (χ3v) is 1.34. The van der Waals surface area contributed by atoms with Gasteiger partial charge < -0.3 is 25.2 Å². The van der Waals surface area contributed by atoms with Crippen LogP contribution in [0.1, 0.15) is 6.92 Å². The van der Waals surface area contributed by atoms with Crippen molar-refractivity contribution in [2.75, 3.05) is 13.2 Å². The van der Waals surface area contributed by atoms with Gasteiger partial charge in [0.05, 0.1) is 13.2 Å². The number of ether oxygens (including phenoxy) is 1. The smallest absolute Gasteiger partial charge is 0.338 e. The monoisotopic (exact) mass is 276 g/mol. The van der Waals surface area contributed by atoms with Crippen molar-refractivity contribution in [3.05, 3.63) is 24.3 Å². The van der Waals surface area contributed by atoms with Crippen LogP contribution in [-0.2, 0) is 19.1 Å². The van der Waals surface area contributed by atoms with Crippen molar-refractivity contribution in [3.8, 4) is 0 Å². The molecule has 8 nitrogen and oxygen atoms in total. The summed E-state index contributed by atoms with van der Waals surface area (Å²) in [6.07, 6.45) is 1.22. The fraction of sp³-hybridized carbons (Fsp3) is 0.364. The lowest BCUT2D eigenvalue weighted by Crippen LogP contribution is -2.15. The first-order valence-electron chi connectivity index (χ1n) is 4.97. The van der Waals surface area contributed by atoms with Gasteiger partial charge in [0.1, 0.15) is 6.10 Å². The topological polar surface area (TPSA) is 141 Å². The van der Waals surface area contributed by atoms with Crippen LogP contribution in [0, 0.1) is 0 Å². The van der Waals surface area contributed by atoms with E-state index in [1.165, 1.54) is 6.92 Å². The zero-order chi connectivity index (χ0) is 15.4. The van der Waals surface area contributed by atoms with Crippen molar-refractivity contribution in [1.82, 2.24) is 0 Å². The normalized spacial score (nSPS) is 12.1. The third kappa shape index (κ3) is 13.9. The van der Waals surface area contributed by atoms with Gasteiger partial charge in [-0.15, -0.1) is 0 Å². The minimum atomic E-state index is -0.954. The molecule has 1 rings (SSSR count). The first kappa shape index (κ1) is 19.3. The van der Waals surface area contributed by atoms with E-state index in [4.69, 9.17) is 20.4 Å². The number of carboxylic acid groups (broad SMARTS) is 1. The van der Waals surface area contributed by atoms with Crippen molar-refractivity contribution in [3.63, 3.8) is 0 Å². The molecule has 1 aliphatic heterocycles. The molecule has 0 saturated carbocycles. The highest BCUT2D eigenvalue weighted by Crippen LogP contribution is 1.92. The highest BCUT2D eigenvalue weighted by molar-refractivity contribution is 6.04. The Morgan fingerprint density at radius 3 is 1.63 bits per heavy atom. The molecule has 0 atom stereocenters. The molecule has 0 amide bonds. The van der Waals surface area contributed by atoms with Crippen molar-refractivity contribution in [2.45, 2.75) is 13.0 Å². The van der Waals surface area contributed by atoms with E-state index in [0.29, 0.717) is 0 Å². The lowest BCUT2D eigenvalue weighted by Gasteiger charge is -1.96. The van der Waals surface area contributed by atoms with Crippen LogP contribution in [0.5, 0.6) is 0 Å². The SMILES string of the molecule is C=C(C)C(=O)O.O=C1C=CC(=O)O1.OCC(O)CO. The van der Waals surface area contributed by atoms with Gasteiger partial charge in [-0.1, -0.05) is 6.58 Å². The molecule has 8 heteroatoms. The quantitative estimate of drug-likeness (QED) is 0.280. The Labute approximate surface area is 109 Å². The van der Waals surface area contributed by atoms with Crippen LogP contribution in [0.25, 0.3) is 0 Å². The standard InChI is InChI=1S/C4H2O3.C4H6O2.C3H8O3/c5-3-1-2-4(6)7-3;1-3(2)4(5)6;4-1-3(6)2-5/h1-2H;1H2,2H3,(H,5,6);3-6H,1-2H2. The van der Waals surface area contributed by atoms with E-state index in [9.17, 15) is 14.4 Å². The Bertz CT molecular complexity index is 326. The molecule has 0 bridgehead atoms. The number of carbonyl (C=O) groups excluding carboxylic acids is 2. The number of rotatable bonds is 3. The van der Waals surface area contributed by atoms with Crippen LogP contribution in [0.4, 0.5) is 0 Å². The summed E-state index contributed by atoms with van der Waals surface area (Å²) in [6, 6.07) is 0. The Hall–Kier alpha value is -2.03. The van der Waals surface area contributed by atoms with Gasteiger partial charge in [0, 0.05) is 17.7 Å². The summed E-state index contributed by atoms with van der Waals surface area (Å²) >= 11 is 0. The number of aliphatic carboxylic acids is 1. The van der Waals surface area contributed by atoms with Crippen LogP contribution in [-0.4, -0.2) is 57.7 Å². The average molecular weight is 276 g/mol. The van der Waals surface area contributed by atoms with E-state index in [-0.39, 0.29) is 18.8 Å². The highest BCUT2D eigenvalue weighted by atomic mass is 16.6. The number of carboxylic acids is 1. The Kier molecular flexibility index (Phi) is 11.3. The number of hydrogen-bond donors (Lipinski definition) is 4. The highest BCUT2D eigenvalue weighted by Gasteiger charge is 2.10. The molecule has 1 aliphatic rings. The fourth-order valence-electron chi connectivity index (χ4n) is 0.361. The molecule has 0 aromatic heterocycles. The minimum absolute atomic E-state index is 0.176. The predicted molar refractivity (Wildman–Crippen MR) is 62.9 cm³/mol. The summed E-state index contributed by atoms with van der Waals surface area (Å²) in [5.74, 6) is -2.09. The second kappa shape index (κ2) is 11.1. The van der Waals surface area contributed by atoms with Gasteiger partial charge in [0.15, 0.2) is 0 Å². The number of cyclic esters (lactones) is 2. The molecule has 0 radical (unpaired) electrons. The summed E-state index contributed by atoms with van der Waals surface area (Å²) in [4.78, 5) is 29.4. The Balaban J connectivity index is 0. The van der Waals surface area contributed by atoms with E-state index >= 15 is 0 Å². The number of esters is 2. The van der Waals surface area contributed by atoms with E-state index in [2.05, 4.69) is 11.3 Å². The average Bonchev–Trinajstić information content (AvgIpc) is 2.73. The number of aliphatic hydroxyl groups is 3. The van der Waals surface area contributed by atoms with Crippen LogP contribution in [0.2, 0.25) is 0 Å². The first-order chi connectivity index (χ1) is 8.74. The Morgan fingerprint density at radius 2 is 1.58 bits per heavy atom. The molecule has 0 fully saturated rings. The third-order valence-electron chi connectivity index (χ3n) is 1.34. The molecule has 0 aliphatic carbocycles. The van der Waals surface area contributed by atoms with Crippen LogP contribution < -0.4 is 0 Å². The van der Waals surface area contributed by atoms with Crippen LogP contribution in [0.15, 0.2) is 24.3 Å². The summed E-state index contributed by atoms with van der Waals surface area (Å²) in [7, 11) is 0. The zero-order valence-corrected chi connectivity index (χ0v) is 10.3. The van der Waals surface area contributed by atoms with Gasteiger partial charge in [0.25, 0.3) is 0 Å². The van der Waals surface area contributed by atoms with E-state index in [0.717, 1.165) is 12.2 Å².